The van der Waals surface area contributed by atoms with Gasteiger partial charge < -0.3 is 16.2 Å². The number of nitrogens with two attached hydrogens (primary N) is 2. The number of amides is 1. The summed E-state index contributed by atoms with van der Waals surface area (Å²) in [5.41, 5.74) is 12.1. The van der Waals surface area contributed by atoms with Crippen molar-refractivity contribution in [1.29, 1.82) is 0 Å². The highest BCUT2D eigenvalue weighted by Crippen LogP contribution is 2.15. The van der Waals surface area contributed by atoms with E-state index in [0.717, 1.165) is 0 Å². The third kappa shape index (κ3) is 2.39. The Hall–Kier alpha value is -2.83. The van der Waals surface area contributed by atoms with Gasteiger partial charge >= 0.3 is 5.97 Å². The summed E-state index contributed by atoms with van der Waals surface area (Å²) in [7, 11) is 1.25. The van der Waals surface area contributed by atoms with Crippen LogP contribution in [0.5, 0.6) is 0 Å². The van der Waals surface area contributed by atoms with Crippen LogP contribution in [0.3, 0.4) is 0 Å². The minimum absolute atomic E-state index is 0.0430. The Morgan fingerprint density at radius 1 is 1.26 bits per heavy atom. The van der Waals surface area contributed by atoms with Crippen LogP contribution in [0, 0.1) is 0 Å². The lowest BCUT2D eigenvalue weighted by molar-refractivity contribution is 0.0594. The van der Waals surface area contributed by atoms with Crippen LogP contribution in [0.2, 0.25) is 0 Å². The number of rotatable bonds is 3. The summed E-state index contributed by atoms with van der Waals surface area (Å²) in [6.07, 6.45) is 1.49. The molecule has 0 saturated heterocycles. The molecule has 4 N–H and O–H groups in total. The van der Waals surface area contributed by atoms with Gasteiger partial charge in [-0.05, 0) is 24.3 Å². The highest BCUT2D eigenvalue weighted by Gasteiger charge is 2.15. The molecule has 0 radical (unpaired) electrons. The lowest BCUT2D eigenvalue weighted by atomic mass is 10.2. The SMILES string of the molecule is COC(=O)c1nn(-c2ccc(C(N)=O)cc2)cc1N. The molecular formula is C12H12N4O3. The molecule has 2 rings (SSSR count). The predicted molar refractivity (Wildman–Crippen MR) is 67.8 cm³/mol. The summed E-state index contributed by atoms with van der Waals surface area (Å²) in [5.74, 6) is -1.12. The molecule has 1 aromatic heterocycles. The number of benzene rings is 1. The Kier molecular flexibility index (Phi) is 3.19. The number of methoxy groups -OCH3 is 1. The number of carbonyl (C=O) groups excluding carboxylic acids is 2. The van der Waals surface area contributed by atoms with E-state index in [1.807, 2.05) is 0 Å². The third-order valence-corrected chi connectivity index (χ3v) is 2.54. The Bertz CT molecular complexity index is 631. The molecule has 1 heterocycles. The van der Waals surface area contributed by atoms with Gasteiger partial charge in [0.25, 0.3) is 0 Å². The van der Waals surface area contributed by atoms with Gasteiger partial charge in [-0.3, -0.25) is 4.79 Å². The van der Waals surface area contributed by atoms with Gasteiger partial charge in [0.1, 0.15) is 0 Å². The summed E-state index contributed by atoms with van der Waals surface area (Å²) in [6, 6.07) is 6.42. The van der Waals surface area contributed by atoms with Crippen molar-refractivity contribution in [3.63, 3.8) is 0 Å². The molecule has 0 aliphatic heterocycles. The number of carbonyl (C=O) groups is 2. The molecule has 2 aromatic rings. The fourth-order valence-electron chi connectivity index (χ4n) is 1.55. The zero-order chi connectivity index (χ0) is 14.0. The van der Waals surface area contributed by atoms with Crippen molar-refractivity contribution in [2.75, 3.05) is 12.8 Å². The zero-order valence-electron chi connectivity index (χ0n) is 10.2. The average molecular weight is 260 g/mol. The number of anilines is 1. The molecule has 0 bridgehead atoms. The van der Waals surface area contributed by atoms with Crippen LogP contribution >= 0.6 is 0 Å². The van der Waals surface area contributed by atoms with E-state index in [1.165, 1.54) is 18.0 Å². The van der Waals surface area contributed by atoms with Crippen molar-refractivity contribution in [1.82, 2.24) is 9.78 Å². The molecule has 0 spiro atoms. The third-order valence-electron chi connectivity index (χ3n) is 2.54. The Morgan fingerprint density at radius 2 is 1.89 bits per heavy atom. The summed E-state index contributed by atoms with van der Waals surface area (Å²) >= 11 is 0. The molecule has 1 amide bonds. The lowest BCUT2D eigenvalue weighted by Crippen LogP contribution is -2.10. The number of nitrogen functional groups attached to an aromatic ring is 1. The van der Waals surface area contributed by atoms with E-state index in [9.17, 15) is 9.59 Å². The van der Waals surface area contributed by atoms with Crippen molar-refractivity contribution in [2.24, 2.45) is 5.73 Å². The van der Waals surface area contributed by atoms with Gasteiger partial charge in [-0.15, -0.1) is 0 Å². The van der Waals surface area contributed by atoms with Crippen molar-refractivity contribution in [2.45, 2.75) is 0 Å². The van der Waals surface area contributed by atoms with Crippen LogP contribution in [-0.2, 0) is 4.74 Å². The monoisotopic (exact) mass is 260 g/mol. The summed E-state index contributed by atoms with van der Waals surface area (Å²) < 4.78 is 5.98. The number of hydrogen-bond acceptors (Lipinski definition) is 5. The van der Waals surface area contributed by atoms with Crippen LogP contribution in [0.1, 0.15) is 20.8 Å². The zero-order valence-corrected chi connectivity index (χ0v) is 10.2. The molecule has 0 saturated carbocycles. The van der Waals surface area contributed by atoms with E-state index in [4.69, 9.17) is 11.5 Å². The first-order valence-corrected chi connectivity index (χ1v) is 5.36. The lowest BCUT2D eigenvalue weighted by Gasteiger charge is -2.01. The highest BCUT2D eigenvalue weighted by atomic mass is 16.5. The first kappa shape index (κ1) is 12.6. The minimum atomic E-state index is -0.606. The molecule has 0 unspecified atom stereocenters. The largest absolute Gasteiger partial charge is 0.464 e. The molecule has 7 nitrogen and oxygen atoms in total. The van der Waals surface area contributed by atoms with Gasteiger partial charge in [0.15, 0.2) is 5.69 Å². The van der Waals surface area contributed by atoms with Gasteiger partial charge in [0.05, 0.1) is 24.7 Å². The number of primary amides is 1. The van der Waals surface area contributed by atoms with E-state index in [1.54, 1.807) is 24.3 Å². The topological polar surface area (TPSA) is 113 Å². The highest BCUT2D eigenvalue weighted by molar-refractivity contribution is 5.93. The summed E-state index contributed by atoms with van der Waals surface area (Å²) in [5, 5.41) is 4.03. The van der Waals surface area contributed by atoms with Crippen LogP contribution in [0.4, 0.5) is 5.69 Å². The van der Waals surface area contributed by atoms with Crippen molar-refractivity contribution < 1.29 is 14.3 Å². The van der Waals surface area contributed by atoms with E-state index < -0.39 is 11.9 Å². The van der Waals surface area contributed by atoms with Crippen LogP contribution < -0.4 is 11.5 Å². The molecule has 0 aliphatic carbocycles. The maximum Gasteiger partial charge on any atom is 0.360 e. The second-order valence-corrected chi connectivity index (χ2v) is 3.78. The van der Waals surface area contributed by atoms with Gasteiger partial charge in [-0.25, -0.2) is 9.48 Å². The fraction of sp³-hybridized carbons (Fsp3) is 0.0833. The van der Waals surface area contributed by atoms with Gasteiger partial charge in [-0.2, -0.15) is 5.10 Å². The smallest absolute Gasteiger partial charge is 0.360 e. The normalized spacial score (nSPS) is 10.2. The Balaban J connectivity index is 2.37. The predicted octanol–water partition coefficient (Wildman–Crippen LogP) is 0.340. The molecular weight excluding hydrogens is 248 g/mol. The molecule has 19 heavy (non-hydrogen) atoms. The van der Waals surface area contributed by atoms with Gasteiger partial charge in [0, 0.05) is 5.56 Å². The molecule has 98 valence electrons. The molecule has 7 heteroatoms. The molecule has 0 fully saturated rings. The second-order valence-electron chi connectivity index (χ2n) is 3.78. The van der Waals surface area contributed by atoms with Crippen molar-refractivity contribution in [3.8, 4) is 5.69 Å². The van der Waals surface area contributed by atoms with E-state index in [2.05, 4.69) is 9.84 Å². The number of aromatic nitrogens is 2. The van der Waals surface area contributed by atoms with Gasteiger partial charge in [0.2, 0.25) is 5.91 Å². The first-order valence-electron chi connectivity index (χ1n) is 5.36. The quantitative estimate of drug-likeness (QED) is 0.772. The maximum atomic E-state index is 11.4. The van der Waals surface area contributed by atoms with Crippen LogP contribution in [0.15, 0.2) is 30.5 Å². The molecule has 0 atom stereocenters. The standard InChI is InChI=1S/C12H12N4O3/c1-19-12(18)10-9(13)6-16(15-10)8-4-2-7(3-5-8)11(14)17/h2-6H,13H2,1H3,(H2,14,17). The van der Waals surface area contributed by atoms with E-state index in [0.29, 0.717) is 11.3 Å². The molecule has 1 aromatic carbocycles. The van der Waals surface area contributed by atoms with Crippen LogP contribution in [0.25, 0.3) is 5.69 Å². The average Bonchev–Trinajstić information content (AvgIpc) is 2.80. The first-order chi connectivity index (χ1) is 9.02. The Morgan fingerprint density at radius 3 is 2.42 bits per heavy atom. The second kappa shape index (κ2) is 4.81. The minimum Gasteiger partial charge on any atom is -0.464 e. The molecule has 0 aliphatic rings. The summed E-state index contributed by atoms with van der Waals surface area (Å²) in [4.78, 5) is 22.3. The fourth-order valence-corrected chi connectivity index (χ4v) is 1.55. The van der Waals surface area contributed by atoms with Gasteiger partial charge in [-0.1, -0.05) is 0 Å². The number of ether oxygens (including phenoxy) is 1. The Labute approximate surface area is 108 Å². The number of hydrogen-bond donors (Lipinski definition) is 2. The van der Waals surface area contributed by atoms with Crippen LogP contribution in [-0.4, -0.2) is 28.8 Å². The summed E-state index contributed by atoms with van der Waals surface area (Å²) in [6.45, 7) is 0. The number of nitrogens with zero attached hydrogens (tertiary/aromatic N) is 2. The van der Waals surface area contributed by atoms with E-state index >= 15 is 0 Å². The van der Waals surface area contributed by atoms with Crippen molar-refractivity contribution >= 4 is 17.6 Å². The maximum absolute atomic E-state index is 11.4. The van der Waals surface area contributed by atoms with E-state index in [-0.39, 0.29) is 11.4 Å². The van der Waals surface area contributed by atoms with Crippen molar-refractivity contribution in [3.05, 3.63) is 41.7 Å². The number of esters is 1.